The van der Waals surface area contributed by atoms with Gasteiger partial charge in [-0.25, -0.2) is 4.79 Å². The van der Waals surface area contributed by atoms with E-state index in [0.29, 0.717) is 23.2 Å². The zero-order chi connectivity index (χ0) is 14.1. The van der Waals surface area contributed by atoms with Crippen molar-refractivity contribution in [3.63, 3.8) is 0 Å². The summed E-state index contributed by atoms with van der Waals surface area (Å²) in [7, 11) is 0. The second-order valence-corrected chi connectivity index (χ2v) is 5.64. The summed E-state index contributed by atoms with van der Waals surface area (Å²) in [5.74, 6) is -0.244. The normalized spacial score (nSPS) is 23.9. The van der Waals surface area contributed by atoms with Crippen LogP contribution < -0.4 is 5.32 Å². The Hall–Kier alpha value is -2.04. The third-order valence-electron chi connectivity index (χ3n) is 4.27. The Kier molecular flexibility index (Phi) is 3.34. The number of amides is 2. The number of urea groups is 1. The number of anilines is 1. The van der Waals surface area contributed by atoms with Gasteiger partial charge >= 0.3 is 12.0 Å². The van der Waals surface area contributed by atoms with Crippen molar-refractivity contribution >= 4 is 17.7 Å². The number of fused-ring (bicyclic) bond motifs is 2. The van der Waals surface area contributed by atoms with Crippen LogP contribution in [0.25, 0.3) is 0 Å². The van der Waals surface area contributed by atoms with Gasteiger partial charge in [-0.1, -0.05) is 18.2 Å². The smallest absolute Gasteiger partial charge is 0.322 e. The Morgan fingerprint density at radius 2 is 2.10 bits per heavy atom. The number of carboxylic acid groups (broad SMARTS) is 1. The molecule has 3 rings (SSSR count). The Bertz CT molecular complexity index is 544. The van der Waals surface area contributed by atoms with Crippen LogP contribution in [-0.2, 0) is 11.2 Å². The summed E-state index contributed by atoms with van der Waals surface area (Å²) in [6.45, 7) is 0.831. The molecule has 1 saturated carbocycles. The number of rotatable bonds is 3. The standard InChI is InChI=1S/C15H18N2O3/c18-14(19)8-11-3-1-2-4-13(11)16-15(20)17-9-10-5-6-12(17)7-10/h1-4,10,12H,5-9H2,(H,16,20)(H,18,19). The number of aliphatic carboxylic acids is 1. The van der Waals surface area contributed by atoms with Gasteiger partial charge in [-0.15, -0.1) is 0 Å². The van der Waals surface area contributed by atoms with Crippen molar-refractivity contribution in [2.24, 2.45) is 5.92 Å². The van der Waals surface area contributed by atoms with E-state index in [9.17, 15) is 9.59 Å². The van der Waals surface area contributed by atoms with E-state index >= 15 is 0 Å². The van der Waals surface area contributed by atoms with Gasteiger partial charge in [0, 0.05) is 18.3 Å². The highest BCUT2D eigenvalue weighted by atomic mass is 16.4. The molecule has 1 aliphatic heterocycles. The second-order valence-electron chi connectivity index (χ2n) is 5.64. The first-order valence-corrected chi connectivity index (χ1v) is 7.01. The molecular formula is C15H18N2O3. The van der Waals surface area contributed by atoms with E-state index in [2.05, 4.69) is 5.32 Å². The number of carboxylic acids is 1. The molecule has 0 radical (unpaired) electrons. The van der Waals surface area contributed by atoms with Crippen molar-refractivity contribution in [2.75, 3.05) is 11.9 Å². The summed E-state index contributed by atoms with van der Waals surface area (Å²) in [5.41, 5.74) is 1.24. The molecule has 2 bridgehead atoms. The Labute approximate surface area is 117 Å². The summed E-state index contributed by atoms with van der Waals surface area (Å²) in [4.78, 5) is 25.0. The van der Waals surface area contributed by atoms with Gasteiger partial charge in [0.25, 0.3) is 0 Å². The van der Waals surface area contributed by atoms with Crippen molar-refractivity contribution in [2.45, 2.75) is 31.7 Å². The predicted molar refractivity (Wildman–Crippen MR) is 74.6 cm³/mol. The number of carbonyl (C=O) groups is 2. The van der Waals surface area contributed by atoms with Crippen LogP contribution in [0.3, 0.4) is 0 Å². The fraction of sp³-hybridized carbons (Fsp3) is 0.467. The number of benzene rings is 1. The number of carbonyl (C=O) groups excluding carboxylic acids is 1. The highest BCUT2D eigenvalue weighted by Crippen LogP contribution is 2.37. The maximum Gasteiger partial charge on any atom is 0.322 e. The molecule has 2 unspecified atom stereocenters. The number of hydrogen-bond acceptors (Lipinski definition) is 2. The van der Waals surface area contributed by atoms with Crippen molar-refractivity contribution in [1.29, 1.82) is 0 Å². The summed E-state index contributed by atoms with van der Waals surface area (Å²) in [6.07, 6.45) is 3.35. The lowest BCUT2D eigenvalue weighted by atomic mass is 10.1. The van der Waals surface area contributed by atoms with Gasteiger partial charge in [0.1, 0.15) is 0 Å². The van der Waals surface area contributed by atoms with Crippen molar-refractivity contribution in [3.8, 4) is 0 Å². The highest BCUT2D eigenvalue weighted by Gasteiger charge is 2.40. The minimum atomic E-state index is -0.896. The molecule has 5 heteroatoms. The topological polar surface area (TPSA) is 69.6 Å². The summed E-state index contributed by atoms with van der Waals surface area (Å²) in [6, 6.07) is 7.34. The number of nitrogens with one attached hydrogen (secondary N) is 1. The fourth-order valence-corrected chi connectivity index (χ4v) is 3.32. The molecule has 2 atom stereocenters. The van der Waals surface area contributed by atoms with Gasteiger partial charge in [-0.05, 0) is 36.8 Å². The van der Waals surface area contributed by atoms with Crippen LogP contribution in [0.4, 0.5) is 10.5 Å². The average Bonchev–Trinajstić information content (AvgIpc) is 3.02. The van der Waals surface area contributed by atoms with Crippen LogP contribution in [0.1, 0.15) is 24.8 Å². The van der Waals surface area contributed by atoms with E-state index in [-0.39, 0.29) is 12.5 Å². The zero-order valence-electron chi connectivity index (χ0n) is 11.2. The number of para-hydroxylation sites is 1. The van der Waals surface area contributed by atoms with Crippen LogP contribution in [0.5, 0.6) is 0 Å². The lowest BCUT2D eigenvalue weighted by Gasteiger charge is -2.27. The molecule has 2 fully saturated rings. The van der Waals surface area contributed by atoms with Gasteiger partial charge in [-0.2, -0.15) is 0 Å². The molecule has 2 aliphatic rings. The lowest BCUT2D eigenvalue weighted by Crippen LogP contribution is -2.40. The van der Waals surface area contributed by atoms with Crippen molar-refractivity contribution in [1.82, 2.24) is 4.90 Å². The van der Waals surface area contributed by atoms with Crippen LogP contribution in [0.2, 0.25) is 0 Å². The molecule has 1 saturated heterocycles. The van der Waals surface area contributed by atoms with E-state index in [1.54, 1.807) is 24.3 Å². The number of piperidine rings is 1. The van der Waals surface area contributed by atoms with Crippen LogP contribution >= 0.6 is 0 Å². The Morgan fingerprint density at radius 1 is 1.30 bits per heavy atom. The van der Waals surface area contributed by atoms with Crippen LogP contribution in [0.15, 0.2) is 24.3 Å². The Balaban J connectivity index is 1.71. The molecule has 1 aromatic carbocycles. The fourth-order valence-electron chi connectivity index (χ4n) is 3.32. The third kappa shape index (κ3) is 2.48. The minimum Gasteiger partial charge on any atom is -0.481 e. The molecule has 106 valence electrons. The predicted octanol–water partition coefficient (Wildman–Crippen LogP) is 2.33. The summed E-state index contributed by atoms with van der Waals surface area (Å²) >= 11 is 0. The molecule has 2 N–H and O–H groups in total. The van der Waals surface area contributed by atoms with E-state index in [1.165, 1.54) is 6.42 Å². The van der Waals surface area contributed by atoms with Gasteiger partial charge in [0.2, 0.25) is 0 Å². The molecule has 0 spiro atoms. The first-order chi connectivity index (χ1) is 9.63. The summed E-state index contributed by atoms with van der Waals surface area (Å²) in [5, 5.41) is 11.8. The second kappa shape index (κ2) is 5.15. The van der Waals surface area contributed by atoms with E-state index in [0.717, 1.165) is 19.4 Å². The molecule has 5 nitrogen and oxygen atoms in total. The average molecular weight is 274 g/mol. The molecule has 2 amide bonds. The zero-order valence-corrected chi connectivity index (χ0v) is 11.2. The largest absolute Gasteiger partial charge is 0.481 e. The van der Waals surface area contributed by atoms with E-state index in [1.807, 2.05) is 4.90 Å². The van der Waals surface area contributed by atoms with Crippen LogP contribution in [0, 0.1) is 5.92 Å². The lowest BCUT2D eigenvalue weighted by molar-refractivity contribution is -0.136. The number of hydrogen-bond donors (Lipinski definition) is 2. The van der Waals surface area contributed by atoms with Crippen molar-refractivity contribution < 1.29 is 14.7 Å². The molecule has 0 aromatic heterocycles. The van der Waals surface area contributed by atoms with Crippen molar-refractivity contribution in [3.05, 3.63) is 29.8 Å². The number of likely N-dealkylation sites (tertiary alicyclic amines) is 1. The molecule has 1 aliphatic carbocycles. The highest BCUT2D eigenvalue weighted by molar-refractivity contribution is 5.91. The van der Waals surface area contributed by atoms with Gasteiger partial charge in [-0.3, -0.25) is 4.79 Å². The first kappa shape index (κ1) is 13.0. The van der Waals surface area contributed by atoms with E-state index in [4.69, 9.17) is 5.11 Å². The molecular weight excluding hydrogens is 256 g/mol. The van der Waals surface area contributed by atoms with Crippen LogP contribution in [-0.4, -0.2) is 34.6 Å². The van der Waals surface area contributed by atoms with Gasteiger partial charge in [0.05, 0.1) is 6.42 Å². The molecule has 20 heavy (non-hydrogen) atoms. The quantitative estimate of drug-likeness (QED) is 0.888. The van der Waals surface area contributed by atoms with Gasteiger partial charge in [0.15, 0.2) is 0 Å². The number of nitrogens with zero attached hydrogens (tertiary/aromatic N) is 1. The maximum absolute atomic E-state index is 12.3. The molecule has 1 aromatic rings. The third-order valence-corrected chi connectivity index (χ3v) is 4.27. The monoisotopic (exact) mass is 274 g/mol. The molecule has 1 heterocycles. The maximum atomic E-state index is 12.3. The summed E-state index contributed by atoms with van der Waals surface area (Å²) < 4.78 is 0. The van der Waals surface area contributed by atoms with E-state index < -0.39 is 5.97 Å². The minimum absolute atomic E-state index is 0.0808. The van der Waals surface area contributed by atoms with Gasteiger partial charge < -0.3 is 15.3 Å². The Morgan fingerprint density at radius 3 is 2.75 bits per heavy atom. The first-order valence-electron chi connectivity index (χ1n) is 7.01. The SMILES string of the molecule is O=C(O)Cc1ccccc1NC(=O)N1CC2CCC1C2.